The highest BCUT2D eigenvalue weighted by molar-refractivity contribution is 5.74. The van der Waals surface area contributed by atoms with Crippen molar-refractivity contribution in [2.75, 3.05) is 26.7 Å². The first kappa shape index (κ1) is 19.7. The fraction of sp³-hybridized carbons (Fsp3) is 0.350. The van der Waals surface area contributed by atoms with Crippen LogP contribution in [0, 0.1) is 11.7 Å². The number of hydrogen-bond acceptors (Lipinski definition) is 4. The predicted octanol–water partition coefficient (Wildman–Crippen LogP) is 4.27. The highest BCUT2D eigenvalue weighted by Crippen LogP contribution is 2.33. The molecule has 1 unspecified atom stereocenters. The van der Waals surface area contributed by atoms with Gasteiger partial charge in [0.2, 0.25) is 0 Å². The molecule has 4 rings (SSSR count). The molecule has 9 heteroatoms. The number of para-hydroxylation sites is 2. The number of halogens is 4. The zero-order valence-corrected chi connectivity index (χ0v) is 15.5. The number of nitrogens with one attached hydrogen (secondary N) is 1. The Morgan fingerprint density at radius 2 is 1.97 bits per heavy atom. The summed E-state index contributed by atoms with van der Waals surface area (Å²) in [6.07, 6.45) is -5.87. The van der Waals surface area contributed by atoms with Crippen molar-refractivity contribution in [2.24, 2.45) is 5.92 Å². The molecule has 0 radical (unpaired) electrons. The first-order valence-electron chi connectivity index (χ1n) is 9.08. The van der Waals surface area contributed by atoms with E-state index in [2.05, 4.69) is 19.6 Å². The molecule has 29 heavy (non-hydrogen) atoms. The summed E-state index contributed by atoms with van der Waals surface area (Å²) in [4.78, 5) is 9.65. The van der Waals surface area contributed by atoms with Crippen LogP contribution in [0.1, 0.15) is 17.5 Å². The molecular formula is C20H19F4N3O2. The van der Waals surface area contributed by atoms with Gasteiger partial charge < -0.3 is 19.4 Å². The van der Waals surface area contributed by atoms with E-state index in [4.69, 9.17) is 4.74 Å². The van der Waals surface area contributed by atoms with Gasteiger partial charge in [-0.05, 0) is 37.4 Å². The molecule has 2 aromatic carbocycles. The Hall–Kier alpha value is -2.65. The standard InChI is InChI=1S/C20H19F4N3O2/c1-27-9-12(10-27)11-28-18(19-25-16-4-2-3-5-17(16)26-19)14-8-13(6-7-15(14)21)29-20(22,23)24/h2-8,12,18H,9-11H2,1H3,(H,25,26). The van der Waals surface area contributed by atoms with E-state index in [-0.39, 0.29) is 11.5 Å². The normalized spacial score (nSPS) is 16.7. The minimum atomic E-state index is -4.87. The molecule has 2 heterocycles. The summed E-state index contributed by atoms with van der Waals surface area (Å²) in [5.74, 6) is -0.621. The minimum absolute atomic E-state index is 0.0708. The molecule has 1 N–H and O–H groups in total. The zero-order chi connectivity index (χ0) is 20.6. The summed E-state index contributed by atoms with van der Waals surface area (Å²) in [5.41, 5.74) is 1.31. The van der Waals surface area contributed by atoms with Crippen LogP contribution in [-0.4, -0.2) is 48.0 Å². The summed E-state index contributed by atoms with van der Waals surface area (Å²) < 4.78 is 62.4. The van der Waals surface area contributed by atoms with Crippen molar-refractivity contribution in [1.82, 2.24) is 14.9 Å². The number of aromatic nitrogens is 2. The number of nitrogens with zero attached hydrogens (tertiary/aromatic N) is 2. The largest absolute Gasteiger partial charge is 0.573 e. The summed E-state index contributed by atoms with van der Waals surface area (Å²) in [6, 6.07) is 10.1. The van der Waals surface area contributed by atoms with E-state index in [0.717, 1.165) is 36.8 Å². The maximum Gasteiger partial charge on any atom is 0.573 e. The monoisotopic (exact) mass is 409 g/mol. The molecule has 5 nitrogen and oxygen atoms in total. The molecular weight excluding hydrogens is 390 g/mol. The van der Waals surface area contributed by atoms with Crippen molar-refractivity contribution in [1.29, 1.82) is 0 Å². The van der Waals surface area contributed by atoms with Crippen molar-refractivity contribution in [3.8, 4) is 5.75 Å². The van der Waals surface area contributed by atoms with E-state index in [1.807, 2.05) is 25.2 Å². The van der Waals surface area contributed by atoms with Crippen molar-refractivity contribution >= 4 is 11.0 Å². The number of benzene rings is 2. The van der Waals surface area contributed by atoms with Gasteiger partial charge >= 0.3 is 6.36 Å². The van der Waals surface area contributed by atoms with Gasteiger partial charge in [0.1, 0.15) is 23.5 Å². The number of aromatic amines is 1. The van der Waals surface area contributed by atoms with Gasteiger partial charge in [-0.15, -0.1) is 13.2 Å². The SMILES string of the molecule is CN1CC(COC(c2nc3ccccc3[nH]2)c2cc(OC(F)(F)F)ccc2F)C1. The Labute approximate surface area is 164 Å². The highest BCUT2D eigenvalue weighted by atomic mass is 19.4. The van der Waals surface area contributed by atoms with Crippen LogP contribution in [0.15, 0.2) is 42.5 Å². The van der Waals surface area contributed by atoms with Gasteiger partial charge in [0.25, 0.3) is 0 Å². The third kappa shape index (κ3) is 4.51. The lowest BCUT2D eigenvalue weighted by Gasteiger charge is -2.36. The van der Waals surface area contributed by atoms with E-state index in [1.54, 1.807) is 6.07 Å². The molecule has 0 bridgehead atoms. The van der Waals surface area contributed by atoms with Gasteiger partial charge in [-0.25, -0.2) is 9.37 Å². The molecule has 1 saturated heterocycles. The predicted molar refractivity (Wildman–Crippen MR) is 98.0 cm³/mol. The van der Waals surface area contributed by atoms with E-state index in [1.165, 1.54) is 0 Å². The van der Waals surface area contributed by atoms with E-state index in [9.17, 15) is 17.6 Å². The lowest BCUT2D eigenvalue weighted by molar-refractivity contribution is -0.274. The average molecular weight is 409 g/mol. The lowest BCUT2D eigenvalue weighted by atomic mass is 10.0. The number of ether oxygens (including phenoxy) is 2. The first-order valence-corrected chi connectivity index (χ1v) is 9.08. The molecule has 0 aliphatic carbocycles. The van der Waals surface area contributed by atoms with Crippen LogP contribution in [0.3, 0.4) is 0 Å². The second-order valence-corrected chi connectivity index (χ2v) is 7.17. The van der Waals surface area contributed by atoms with Gasteiger partial charge in [0.15, 0.2) is 0 Å². The maximum atomic E-state index is 14.6. The van der Waals surface area contributed by atoms with Crippen molar-refractivity contribution in [3.63, 3.8) is 0 Å². The van der Waals surface area contributed by atoms with Crippen LogP contribution in [0.25, 0.3) is 11.0 Å². The molecule has 1 aliphatic rings. The zero-order valence-electron chi connectivity index (χ0n) is 15.5. The smallest absolute Gasteiger partial charge is 0.406 e. The van der Waals surface area contributed by atoms with Crippen LogP contribution >= 0.6 is 0 Å². The summed E-state index contributed by atoms with van der Waals surface area (Å²) in [7, 11) is 1.98. The minimum Gasteiger partial charge on any atom is -0.406 e. The number of H-pyrrole nitrogens is 1. The third-order valence-corrected chi connectivity index (χ3v) is 4.78. The number of hydrogen-bond donors (Lipinski definition) is 1. The quantitative estimate of drug-likeness (QED) is 0.618. The van der Waals surface area contributed by atoms with E-state index < -0.39 is 24.0 Å². The van der Waals surface area contributed by atoms with Gasteiger partial charge in [0.05, 0.1) is 17.6 Å². The van der Waals surface area contributed by atoms with Crippen LogP contribution < -0.4 is 4.74 Å². The van der Waals surface area contributed by atoms with Gasteiger partial charge in [-0.2, -0.15) is 0 Å². The number of likely N-dealkylation sites (tertiary alicyclic amines) is 1. The molecule has 3 aromatic rings. The van der Waals surface area contributed by atoms with Crippen LogP contribution in [-0.2, 0) is 4.74 Å². The topological polar surface area (TPSA) is 50.4 Å². The van der Waals surface area contributed by atoms with Gasteiger partial charge in [-0.1, -0.05) is 12.1 Å². The Morgan fingerprint density at radius 1 is 1.21 bits per heavy atom. The maximum absolute atomic E-state index is 14.6. The first-order chi connectivity index (χ1) is 13.8. The molecule has 1 aliphatic heterocycles. The van der Waals surface area contributed by atoms with Crippen molar-refractivity contribution in [2.45, 2.75) is 12.5 Å². The van der Waals surface area contributed by atoms with E-state index >= 15 is 0 Å². The molecule has 1 aromatic heterocycles. The van der Waals surface area contributed by atoms with Crippen molar-refractivity contribution < 1.29 is 27.0 Å². The number of imidazole rings is 1. The summed E-state index contributed by atoms with van der Waals surface area (Å²) in [5, 5.41) is 0. The molecule has 154 valence electrons. The fourth-order valence-corrected chi connectivity index (χ4v) is 3.50. The molecule has 1 atom stereocenters. The highest BCUT2D eigenvalue weighted by Gasteiger charge is 2.33. The van der Waals surface area contributed by atoms with Gasteiger partial charge in [0, 0.05) is 24.6 Å². The number of fused-ring (bicyclic) bond motifs is 1. The fourth-order valence-electron chi connectivity index (χ4n) is 3.50. The second-order valence-electron chi connectivity index (χ2n) is 7.17. The molecule has 0 saturated carbocycles. The number of alkyl halides is 3. The molecule has 0 spiro atoms. The third-order valence-electron chi connectivity index (χ3n) is 4.78. The van der Waals surface area contributed by atoms with Crippen LogP contribution in [0.5, 0.6) is 5.75 Å². The Balaban J connectivity index is 1.68. The summed E-state index contributed by atoms with van der Waals surface area (Å²) in [6.45, 7) is 2.01. The van der Waals surface area contributed by atoms with E-state index in [0.29, 0.717) is 17.9 Å². The second kappa shape index (κ2) is 7.64. The summed E-state index contributed by atoms with van der Waals surface area (Å²) >= 11 is 0. The number of rotatable bonds is 6. The van der Waals surface area contributed by atoms with Gasteiger partial charge in [-0.3, -0.25) is 0 Å². The lowest BCUT2D eigenvalue weighted by Crippen LogP contribution is -2.46. The average Bonchev–Trinajstić information content (AvgIpc) is 3.05. The molecule has 0 amide bonds. The van der Waals surface area contributed by atoms with Crippen molar-refractivity contribution in [3.05, 3.63) is 59.7 Å². The Bertz CT molecular complexity index is 966. The Kier molecular flexibility index (Phi) is 5.18. The van der Waals surface area contributed by atoms with Crippen LogP contribution in [0.4, 0.5) is 17.6 Å². The molecule has 1 fully saturated rings. The van der Waals surface area contributed by atoms with Crippen LogP contribution in [0.2, 0.25) is 0 Å². The Morgan fingerprint density at radius 3 is 2.66 bits per heavy atom.